The van der Waals surface area contributed by atoms with Gasteiger partial charge in [-0.15, -0.1) is 0 Å². The average molecular weight is 270 g/mol. The molecule has 0 radical (unpaired) electrons. The molecule has 0 amide bonds. The number of hydrogen-bond donors (Lipinski definition) is 0. The van der Waals surface area contributed by atoms with E-state index in [4.69, 9.17) is 14.7 Å². The summed E-state index contributed by atoms with van der Waals surface area (Å²) in [4.78, 5) is 0. The lowest BCUT2D eigenvalue weighted by Crippen LogP contribution is -1.97. The maximum Gasteiger partial charge on any atom is 0.133 e. The normalized spacial score (nSPS) is 9.73. The molecule has 0 aliphatic rings. The summed E-state index contributed by atoms with van der Waals surface area (Å²) in [5, 5.41) is 8.69. The molecule has 0 N–H and O–H groups in total. The number of hydrogen-bond acceptors (Lipinski definition) is 3. The number of nitriles is 1. The largest absolute Gasteiger partial charge is 0.496 e. The van der Waals surface area contributed by atoms with Gasteiger partial charge in [0.05, 0.1) is 30.7 Å². The summed E-state index contributed by atoms with van der Waals surface area (Å²) in [7, 11) is 3.24. The van der Waals surface area contributed by atoms with E-state index in [0.717, 1.165) is 21.3 Å². The van der Waals surface area contributed by atoms with E-state index in [1.165, 1.54) is 0 Å². The van der Waals surface area contributed by atoms with Crippen LogP contribution in [0.15, 0.2) is 16.6 Å². The van der Waals surface area contributed by atoms with E-state index < -0.39 is 0 Å². The van der Waals surface area contributed by atoms with Crippen molar-refractivity contribution in [3.8, 4) is 11.8 Å². The molecule has 3 nitrogen and oxygen atoms in total. The van der Waals surface area contributed by atoms with Crippen molar-refractivity contribution in [3.05, 3.63) is 27.7 Å². The van der Waals surface area contributed by atoms with Gasteiger partial charge in [-0.2, -0.15) is 5.26 Å². The van der Waals surface area contributed by atoms with E-state index in [-0.39, 0.29) is 0 Å². The zero-order valence-corrected chi connectivity index (χ0v) is 10.3. The SMILES string of the molecule is COCc1cc(OC)c(Br)cc1CC#N. The number of benzene rings is 1. The Kier molecular flexibility index (Phi) is 4.60. The maximum atomic E-state index is 8.69. The molecule has 0 aliphatic carbocycles. The second-order valence-electron chi connectivity index (χ2n) is 3.02. The van der Waals surface area contributed by atoms with Crippen molar-refractivity contribution in [3.63, 3.8) is 0 Å². The molecule has 1 aromatic carbocycles. The smallest absolute Gasteiger partial charge is 0.133 e. The molecule has 0 aliphatic heterocycles. The third-order valence-electron chi connectivity index (χ3n) is 2.04. The fourth-order valence-electron chi connectivity index (χ4n) is 1.33. The predicted molar refractivity (Wildman–Crippen MR) is 60.7 cm³/mol. The Hall–Kier alpha value is -1.05. The van der Waals surface area contributed by atoms with Crippen molar-refractivity contribution in [1.29, 1.82) is 5.26 Å². The molecule has 0 atom stereocenters. The average Bonchev–Trinajstić information content (AvgIpc) is 2.22. The Balaban J connectivity index is 3.14. The minimum atomic E-state index is 0.376. The molecule has 0 aromatic heterocycles. The first kappa shape index (κ1) is 12.0. The van der Waals surface area contributed by atoms with Crippen LogP contribution in [0.4, 0.5) is 0 Å². The van der Waals surface area contributed by atoms with Gasteiger partial charge in [-0.1, -0.05) is 0 Å². The van der Waals surface area contributed by atoms with E-state index in [1.807, 2.05) is 12.1 Å². The van der Waals surface area contributed by atoms with Crippen molar-refractivity contribution in [2.24, 2.45) is 0 Å². The second kappa shape index (κ2) is 5.74. The Labute approximate surface area is 97.7 Å². The van der Waals surface area contributed by atoms with Crippen LogP contribution in [0.5, 0.6) is 5.75 Å². The first-order chi connectivity index (χ1) is 7.22. The number of rotatable bonds is 4. The summed E-state index contributed by atoms with van der Waals surface area (Å²) in [6, 6.07) is 5.92. The monoisotopic (exact) mass is 269 g/mol. The fourth-order valence-corrected chi connectivity index (χ4v) is 1.89. The Morgan fingerprint density at radius 1 is 1.33 bits per heavy atom. The third kappa shape index (κ3) is 2.95. The van der Waals surface area contributed by atoms with Crippen LogP contribution in [0.25, 0.3) is 0 Å². The maximum absolute atomic E-state index is 8.69. The summed E-state index contributed by atoms with van der Waals surface area (Å²) < 4.78 is 11.1. The van der Waals surface area contributed by atoms with E-state index >= 15 is 0 Å². The molecular formula is C11H12BrNO2. The summed E-state index contributed by atoms with van der Waals surface area (Å²) in [6.45, 7) is 0.487. The standard InChI is InChI=1S/C11H12BrNO2/c1-14-7-9-6-11(15-2)10(12)5-8(9)3-4-13/h5-6H,3,7H2,1-2H3. The minimum absolute atomic E-state index is 0.376. The molecule has 0 spiro atoms. The van der Waals surface area contributed by atoms with Gasteiger partial charge in [-0.3, -0.25) is 0 Å². The molecule has 0 saturated carbocycles. The quantitative estimate of drug-likeness (QED) is 0.844. The van der Waals surface area contributed by atoms with Gasteiger partial charge in [0.2, 0.25) is 0 Å². The van der Waals surface area contributed by atoms with Gasteiger partial charge in [0.15, 0.2) is 0 Å². The van der Waals surface area contributed by atoms with Crippen molar-refractivity contribution in [1.82, 2.24) is 0 Å². The molecule has 4 heteroatoms. The third-order valence-corrected chi connectivity index (χ3v) is 2.66. The second-order valence-corrected chi connectivity index (χ2v) is 3.88. The Morgan fingerprint density at radius 2 is 2.07 bits per heavy atom. The van der Waals surface area contributed by atoms with Crippen LogP contribution < -0.4 is 4.74 Å². The van der Waals surface area contributed by atoms with Gasteiger partial charge < -0.3 is 9.47 Å². The fraction of sp³-hybridized carbons (Fsp3) is 0.364. The summed E-state index contributed by atoms with van der Waals surface area (Å²) in [5.74, 6) is 0.753. The van der Waals surface area contributed by atoms with Crippen molar-refractivity contribution in [2.45, 2.75) is 13.0 Å². The summed E-state index contributed by atoms with van der Waals surface area (Å²) >= 11 is 3.39. The van der Waals surface area contributed by atoms with E-state index in [0.29, 0.717) is 13.0 Å². The van der Waals surface area contributed by atoms with Gasteiger partial charge in [0.1, 0.15) is 5.75 Å². The van der Waals surface area contributed by atoms with Crippen LogP contribution in [0.1, 0.15) is 11.1 Å². The number of nitrogens with zero attached hydrogens (tertiary/aromatic N) is 1. The molecule has 0 heterocycles. The van der Waals surface area contributed by atoms with Crippen molar-refractivity contribution >= 4 is 15.9 Å². The molecule has 80 valence electrons. The van der Waals surface area contributed by atoms with E-state index in [9.17, 15) is 0 Å². The van der Waals surface area contributed by atoms with Crippen LogP contribution in [0, 0.1) is 11.3 Å². The highest BCUT2D eigenvalue weighted by Gasteiger charge is 2.08. The number of halogens is 1. The van der Waals surface area contributed by atoms with E-state index in [2.05, 4.69) is 22.0 Å². The molecule has 0 fully saturated rings. The first-order valence-corrected chi connectivity index (χ1v) is 5.23. The van der Waals surface area contributed by atoms with Gasteiger partial charge in [-0.25, -0.2) is 0 Å². The zero-order chi connectivity index (χ0) is 11.3. The lowest BCUT2D eigenvalue weighted by atomic mass is 10.1. The highest BCUT2D eigenvalue weighted by atomic mass is 79.9. The van der Waals surface area contributed by atoms with Crippen LogP contribution in [-0.4, -0.2) is 14.2 Å². The van der Waals surface area contributed by atoms with Crippen LogP contribution in [0.2, 0.25) is 0 Å². The highest BCUT2D eigenvalue weighted by Crippen LogP contribution is 2.29. The molecule has 1 rings (SSSR count). The molecule has 1 aromatic rings. The lowest BCUT2D eigenvalue weighted by molar-refractivity contribution is 0.184. The molecule has 0 unspecified atom stereocenters. The Bertz CT molecular complexity index is 385. The zero-order valence-electron chi connectivity index (χ0n) is 8.71. The predicted octanol–water partition coefficient (Wildman–Crippen LogP) is 2.67. The molecule has 0 saturated heterocycles. The summed E-state index contributed by atoms with van der Waals surface area (Å²) in [5.41, 5.74) is 1.95. The number of ether oxygens (including phenoxy) is 2. The molecular weight excluding hydrogens is 258 g/mol. The number of methoxy groups -OCH3 is 2. The first-order valence-electron chi connectivity index (χ1n) is 4.44. The minimum Gasteiger partial charge on any atom is -0.496 e. The van der Waals surface area contributed by atoms with Gasteiger partial charge in [0, 0.05) is 7.11 Å². The lowest BCUT2D eigenvalue weighted by Gasteiger charge is -2.10. The van der Waals surface area contributed by atoms with Crippen LogP contribution >= 0.6 is 15.9 Å². The summed E-state index contributed by atoms with van der Waals surface area (Å²) in [6.07, 6.45) is 0.376. The Morgan fingerprint density at radius 3 is 2.60 bits per heavy atom. The van der Waals surface area contributed by atoms with Crippen LogP contribution in [-0.2, 0) is 17.8 Å². The van der Waals surface area contributed by atoms with Gasteiger partial charge in [-0.05, 0) is 39.2 Å². The topological polar surface area (TPSA) is 42.2 Å². The van der Waals surface area contributed by atoms with E-state index in [1.54, 1.807) is 14.2 Å². The van der Waals surface area contributed by atoms with Gasteiger partial charge in [0.25, 0.3) is 0 Å². The highest BCUT2D eigenvalue weighted by molar-refractivity contribution is 9.10. The van der Waals surface area contributed by atoms with Crippen molar-refractivity contribution in [2.75, 3.05) is 14.2 Å². The molecule has 0 bridgehead atoms. The van der Waals surface area contributed by atoms with Gasteiger partial charge >= 0.3 is 0 Å². The van der Waals surface area contributed by atoms with Crippen LogP contribution in [0.3, 0.4) is 0 Å². The molecule has 15 heavy (non-hydrogen) atoms. The van der Waals surface area contributed by atoms with Crippen molar-refractivity contribution < 1.29 is 9.47 Å².